The number of hydrogen-bond acceptors (Lipinski definition) is 21. The van der Waals surface area contributed by atoms with E-state index >= 15 is 0 Å². The van der Waals surface area contributed by atoms with Gasteiger partial charge >= 0.3 is 0 Å². The Labute approximate surface area is 262 Å². The van der Waals surface area contributed by atoms with Gasteiger partial charge in [0.25, 0.3) is 0 Å². The molecule has 4 unspecified atom stereocenters. The van der Waals surface area contributed by atoms with E-state index in [1.165, 1.54) is 6.92 Å². The molecule has 2 heterocycles. The molecule has 2 saturated heterocycles. The molecule has 21 nitrogen and oxygen atoms in total. The molecule has 2 rings (SSSR count). The fraction of sp³-hybridized carbons (Fsp3) is 1.00. The van der Waals surface area contributed by atoms with Crippen LogP contribution in [0.1, 0.15) is 6.92 Å². The Kier molecular flexibility index (Phi) is 19.4. The van der Waals surface area contributed by atoms with Gasteiger partial charge in [-0.15, -0.1) is 0 Å². The van der Waals surface area contributed by atoms with Gasteiger partial charge in [0, 0.05) is 5.92 Å². The third-order valence-electron chi connectivity index (χ3n) is 7.64. The zero-order chi connectivity index (χ0) is 35.5. The lowest BCUT2D eigenvalue weighted by Gasteiger charge is -2.42. The lowest BCUT2D eigenvalue weighted by atomic mass is 9.93. The lowest BCUT2D eigenvalue weighted by molar-refractivity contribution is -0.327. The quantitative estimate of drug-likeness (QED) is 0.0716. The predicted octanol–water partition coefficient (Wildman–Crippen LogP) is -10.2. The highest BCUT2D eigenvalue weighted by Crippen LogP contribution is 2.27. The average Bonchev–Trinajstić information content (AvgIpc) is 3.07. The molecule has 17 N–H and O–H groups in total. The maximum Gasteiger partial charge on any atom is 0.187 e. The van der Waals surface area contributed by atoms with E-state index < -0.39 is 150 Å². The first-order valence-corrected chi connectivity index (χ1v) is 14.3. The largest absolute Gasteiger partial charge is 0.394 e. The van der Waals surface area contributed by atoms with Crippen molar-refractivity contribution in [1.29, 1.82) is 0 Å². The summed E-state index contributed by atoms with van der Waals surface area (Å²) in [5.74, 6) is -0.852. The summed E-state index contributed by atoms with van der Waals surface area (Å²) in [7, 11) is 0. The third-order valence-corrected chi connectivity index (χ3v) is 7.64. The summed E-state index contributed by atoms with van der Waals surface area (Å²) in [5, 5.41) is 161. The Balaban J connectivity index is 0.000000460. The molecule has 2 aliphatic rings. The Hall–Kier alpha value is -0.840. The molecule has 18 atom stereocenters. The van der Waals surface area contributed by atoms with Crippen molar-refractivity contribution in [3.63, 3.8) is 0 Å². The molecule has 0 aromatic rings. The molecule has 0 aromatic carbocycles. The van der Waals surface area contributed by atoms with Gasteiger partial charge in [-0.05, 0) is 0 Å². The highest BCUT2D eigenvalue weighted by molar-refractivity contribution is 4.92. The van der Waals surface area contributed by atoms with Crippen molar-refractivity contribution in [2.75, 3.05) is 39.6 Å². The predicted molar refractivity (Wildman–Crippen MR) is 145 cm³/mol. The standard InChI is InChI=1S/C13H26O10.C12H24O11/c1-5(6(17)2-14)12(7(18)3-15)23-13-11(21)10(20)9(19)8(4-16)22-13;13-1-4(16)7(18)11(5(17)2-14)23-12-10(21)9(20)8(19)6(3-15)22-12/h5-21H,2-4H2,1H3;4-21H,1-3H2/t5-,6+,7-,8?,9+,10+,11?,12+,13+;4-,5+,6?,7+,8+,9+,10?,11+,12+/m10/s1. The monoisotopic (exact) mass is 686 g/mol. The highest BCUT2D eigenvalue weighted by Gasteiger charge is 2.48. The normalized spacial score (nSPS) is 37.2. The first-order chi connectivity index (χ1) is 21.6. The van der Waals surface area contributed by atoms with E-state index in [0.717, 1.165) is 0 Å². The highest BCUT2D eigenvalue weighted by atomic mass is 16.7. The van der Waals surface area contributed by atoms with Gasteiger partial charge in [0.2, 0.25) is 0 Å². The van der Waals surface area contributed by atoms with E-state index in [4.69, 9.17) is 49.6 Å². The molecule has 0 aromatic heterocycles. The van der Waals surface area contributed by atoms with E-state index in [9.17, 15) is 56.2 Å². The van der Waals surface area contributed by atoms with Crippen molar-refractivity contribution in [1.82, 2.24) is 0 Å². The van der Waals surface area contributed by atoms with Gasteiger partial charge in [-0.25, -0.2) is 0 Å². The Morgan fingerprint density at radius 1 is 0.478 bits per heavy atom. The molecular formula is C25H50O21. The summed E-state index contributed by atoms with van der Waals surface area (Å²) >= 11 is 0. The molecular weight excluding hydrogens is 636 g/mol. The second-order valence-corrected chi connectivity index (χ2v) is 10.9. The van der Waals surface area contributed by atoms with Crippen molar-refractivity contribution >= 4 is 0 Å². The molecule has 0 aliphatic carbocycles. The Morgan fingerprint density at radius 2 is 0.826 bits per heavy atom. The van der Waals surface area contributed by atoms with Crippen molar-refractivity contribution < 1.29 is 106 Å². The van der Waals surface area contributed by atoms with Crippen LogP contribution < -0.4 is 0 Å². The smallest absolute Gasteiger partial charge is 0.187 e. The number of aliphatic hydroxyl groups excluding tert-OH is 17. The molecule has 0 amide bonds. The first kappa shape index (κ1) is 43.2. The van der Waals surface area contributed by atoms with Gasteiger partial charge < -0.3 is 106 Å². The van der Waals surface area contributed by atoms with E-state index in [1.54, 1.807) is 0 Å². The summed E-state index contributed by atoms with van der Waals surface area (Å²) in [6.07, 6.45) is -26.7. The van der Waals surface area contributed by atoms with Crippen LogP contribution >= 0.6 is 0 Å². The van der Waals surface area contributed by atoms with Crippen LogP contribution in [0.3, 0.4) is 0 Å². The summed E-state index contributed by atoms with van der Waals surface area (Å²) < 4.78 is 20.7. The van der Waals surface area contributed by atoms with Gasteiger partial charge in [0.15, 0.2) is 12.6 Å². The number of rotatable bonds is 16. The molecule has 0 spiro atoms. The minimum atomic E-state index is -1.85. The molecule has 2 aliphatic heterocycles. The molecule has 0 radical (unpaired) electrons. The van der Waals surface area contributed by atoms with Crippen LogP contribution in [0.4, 0.5) is 0 Å². The topological polar surface area (TPSA) is 381 Å². The molecule has 2 fully saturated rings. The summed E-state index contributed by atoms with van der Waals surface area (Å²) in [6, 6.07) is 0. The average molecular weight is 687 g/mol. The van der Waals surface area contributed by atoms with Crippen LogP contribution in [0.5, 0.6) is 0 Å². The number of ether oxygens (including phenoxy) is 4. The van der Waals surface area contributed by atoms with Crippen molar-refractivity contribution in [2.24, 2.45) is 5.92 Å². The maximum absolute atomic E-state index is 9.90. The molecule has 276 valence electrons. The number of hydrogen-bond donors (Lipinski definition) is 17. The van der Waals surface area contributed by atoms with Gasteiger partial charge in [0.05, 0.1) is 51.8 Å². The minimum absolute atomic E-state index is 0.617. The molecule has 0 bridgehead atoms. The fourth-order valence-corrected chi connectivity index (χ4v) is 4.55. The van der Waals surface area contributed by atoms with E-state index in [2.05, 4.69) is 0 Å². The van der Waals surface area contributed by atoms with Gasteiger partial charge in [-0.1, -0.05) is 6.92 Å². The third kappa shape index (κ3) is 11.1. The van der Waals surface area contributed by atoms with E-state index in [1.807, 2.05) is 0 Å². The molecule has 0 saturated carbocycles. The Morgan fingerprint density at radius 3 is 1.17 bits per heavy atom. The van der Waals surface area contributed by atoms with Crippen molar-refractivity contribution in [2.45, 2.75) is 111 Å². The van der Waals surface area contributed by atoms with Crippen LogP contribution in [-0.2, 0) is 18.9 Å². The zero-order valence-electron chi connectivity index (χ0n) is 24.9. The molecule has 21 heteroatoms. The minimum Gasteiger partial charge on any atom is -0.394 e. The van der Waals surface area contributed by atoms with Crippen LogP contribution in [0.15, 0.2) is 0 Å². The second-order valence-electron chi connectivity index (χ2n) is 10.9. The Bertz CT molecular complexity index is 746. The van der Waals surface area contributed by atoms with Crippen LogP contribution in [-0.4, -0.2) is 231 Å². The number of aliphatic hydroxyl groups is 17. The fourth-order valence-electron chi connectivity index (χ4n) is 4.55. The zero-order valence-corrected chi connectivity index (χ0v) is 24.9. The summed E-state index contributed by atoms with van der Waals surface area (Å²) in [4.78, 5) is 0. The lowest BCUT2D eigenvalue weighted by Crippen LogP contribution is -2.61. The van der Waals surface area contributed by atoms with Crippen molar-refractivity contribution in [3.05, 3.63) is 0 Å². The summed E-state index contributed by atoms with van der Waals surface area (Å²) in [5.41, 5.74) is 0. The maximum atomic E-state index is 9.90. The van der Waals surface area contributed by atoms with Crippen LogP contribution in [0.2, 0.25) is 0 Å². The van der Waals surface area contributed by atoms with E-state index in [0.29, 0.717) is 0 Å². The van der Waals surface area contributed by atoms with Gasteiger partial charge in [-0.2, -0.15) is 0 Å². The van der Waals surface area contributed by atoms with Crippen molar-refractivity contribution in [3.8, 4) is 0 Å². The second kappa shape index (κ2) is 20.6. The van der Waals surface area contributed by atoms with Gasteiger partial charge in [0.1, 0.15) is 79.4 Å². The summed E-state index contributed by atoms with van der Waals surface area (Å²) in [6.45, 7) is -3.00. The van der Waals surface area contributed by atoms with Gasteiger partial charge in [-0.3, -0.25) is 0 Å². The molecule has 46 heavy (non-hydrogen) atoms. The SMILES string of the molecule is C[C@@H]([C@H](O[C@@H]1OC(CO)[C@H](O)[C@H](O)C1O)[C@H](O)CO)[C@@H](O)CO.OCC1O[C@H](O[C@@H]([C@H](O)[C@@H](O)CO)[C@H](O)CO)C(O)[C@H](O)[C@@H]1O. The van der Waals surface area contributed by atoms with Crippen LogP contribution in [0, 0.1) is 5.92 Å². The van der Waals surface area contributed by atoms with Crippen LogP contribution in [0.25, 0.3) is 0 Å². The van der Waals surface area contributed by atoms with E-state index in [-0.39, 0.29) is 0 Å². The first-order valence-electron chi connectivity index (χ1n) is 14.3.